The van der Waals surface area contributed by atoms with Crippen LogP contribution in [-0.2, 0) is 13.6 Å². The molecular formula is C6H11O6P. The van der Waals surface area contributed by atoms with Crippen molar-refractivity contribution in [2.75, 3.05) is 26.4 Å². The second-order valence-corrected chi connectivity index (χ2v) is 4.26. The highest BCUT2D eigenvalue weighted by Gasteiger charge is 2.68. The third kappa shape index (κ3) is 1.08. The van der Waals surface area contributed by atoms with Crippen molar-refractivity contribution in [3.8, 4) is 0 Å². The predicted molar refractivity (Wildman–Crippen MR) is 41.5 cm³/mol. The van der Waals surface area contributed by atoms with E-state index >= 15 is 0 Å². The molecule has 0 aromatic rings. The van der Waals surface area contributed by atoms with Crippen LogP contribution in [0.4, 0.5) is 0 Å². The molecule has 0 spiro atoms. The second-order valence-electron chi connectivity index (χ2n) is 3.19. The highest BCUT2D eigenvalue weighted by molar-refractivity contribution is 7.43. The number of hydrogen-bond donors (Lipinski definition) is 3. The van der Waals surface area contributed by atoms with Gasteiger partial charge in [0.2, 0.25) is 5.79 Å². The molecule has 0 aromatic heterocycles. The van der Waals surface area contributed by atoms with E-state index in [0.29, 0.717) is 0 Å². The summed E-state index contributed by atoms with van der Waals surface area (Å²) < 4.78 is 15.5. The van der Waals surface area contributed by atoms with E-state index in [1.54, 1.807) is 0 Å². The summed E-state index contributed by atoms with van der Waals surface area (Å²) >= 11 is 0. The lowest BCUT2D eigenvalue weighted by molar-refractivity contribution is -0.262. The van der Waals surface area contributed by atoms with Crippen molar-refractivity contribution in [1.82, 2.24) is 0 Å². The molecule has 0 amide bonds. The van der Waals surface area contributed by atoms with E-state index in [0.717, 1.165) is 0 Å². The summed E-state index contributed by atoms with van der Waals surface area (Å²) in [5.74, 6) is -1.14. The number of fused-ring (bicyclic) bond motifs is 1. The Kier molecular flexibility index (Phi) is 2.32. The first-order chi connectivity index (χ1) is 6.22. The van der Waals surface area contributed by atoms with Crippen LogP contribution in [0.15, 0.2) is 0 Å². The van der Waals surface area contributed by atoms with E-state index in [-0.39, 0.29) is 6.61 Å². The van der Waals surface area contributed by atoms with Crippen molar-refractivity contribution in [1.29, 1.82) is 0 Å². The molecule has 3 heterocycles. The molecule has 0 saturated carbocycles. The Labute approximate surface area is 76.0 Å². The zero-order valence-corrected chi connectivity index (χ0v) is 7.74. The van der Waals surface area contributed by atoms with Crippen LogP contribution >= 0.6 is 8.60 Å². The van der Waals surface area contributed by atoms with Crippen molar-refractivity contribution in [2.24, 2.45) is 5.41 Å². The van der Waals surface area contributed by atoms with Gasteiger partial charge in [0.05, 0.1) is 25.2 Å². The summed E-state index contributed by atoms with van der Waals surface area (Å²) in [6.07, 6.45) is 0. The fraction of sp³-hybridized carbons (Fsp3) is 1.00. The van der Waals surface area contributed by atoms with Crippen LogP contribution < -0.4 is 0 Å². The molecule has 0 atom stereocenters. The second kappa shape index (κ2) is 3.10. The molecule has 3 saturated heterocycles. The van der Waals surface area contributed by atoms with Crippen molar-refractivity contribution < 1.29 is 28.9 Å². The highest BCUT2D eigenvalue weighted by Crippen LogP contribution is 2.69. The van der Waals surface area contributed by atoms with Crippen LogP contribution in [0.5, 0.6) is 0 Å². The minimum Gasteiger partial charge on any atom is -0.395 e. The largest absolute Gasteiger partial charge is 0.395 e. The first kappa shape index (κ1) is 9.73. The third-order valence-corrected chi connectivity index (χ3v) is 3.75. The Morgan fingerprint density at radius 3 is 2.00 bits per heavy atom. The fourth-order valence-electron chi connectivity index (χ4n) is 1.35. The molecule has 2 bridgehead atoms. The van der Waals surface area contributed by atoms with Gasteiger partial charge in [-0.3, -0.25) is 9.05 Å². The van der Waals surface area contributed by atoms with Gasteiger partial charge in [0.25, 0.3) is 0 Å². The summed E-state index contributed by atoms with van der Waals surface area (Å²) in [6, 6.07) is 0. The fourth-order valence-corrected chi connectivity index (χ4v) is 2.72. The molecule has 3 aliphatic heterocycles. The molecule has 6 nitrogen and oxygen atoms in total. The van der Waals surface area contributed by atoms with E-state index in [1.165, 1.54) is 0 Å². The molecule has 76 valence electrons. The summed E-state index contributed by atoms with van der Waals surface area (Å²) in [4.78, 5) is 0. The summed E-state index contributed by atoms with van der Waals surface area (Å²) in [5.41, 5.74) is -1.18. The molecule has 0 aliphatic carbocycles. The molecule has 3 fully saturated rings. The van der Waals surface area contributed by atoms with Crippen LogP contribution in [-0.4, -0.2) is 47.5 Å². The lowest BCUT2D eigenvalue weighted by Crippen LogP contribution is -2.59. The third-order valence-electron chi connectivity index (χ3n) is 2.52. The van der Waals surface area contributed by atoms with Gasteiger partial charge in [0.15, 0.2) is 0 Å². The molecule has 0 unspecified atom stereocenters. The van der Waals surface area contributed by atoms with Crippen LogP contribution in [0.1, 0.15) is 0 Å². The molecule has 3 rings (SSSR count). The Morgan fingerprint density at radius 1 is 1.15 bits per heavy atom. The van der Waals surface area contributed by atoms with Gasteiger partial charge in [0, 0.05) is 0 Å². The van der Waals surface area contributed by atoms with Crippen molar-refractivity contribution in [3.05, 3.63) is 0 Å². The van der Waals surface area contributed by atoms with E-state index in [1.807, 2.05) is 0 Å². The smallest absolute Gasteiger partial charge is 0.338 e. The normalized spacial score (nSPS) is 37.6. The lowest BCUT2D eigenvalue weighted by Gasteiger charge is -2.46. The Bertz CT molecular complexity index is 186. The van der Waals surface area contributed by atoms with E-state index < -0.39 is 39.6 Å². The molecule has 0 radical (unpaired) electrons. The Morgan fingerprint density at radius 2 is 1.69 bits per heavy atom. The van der Waals surface area contributed by atoms with Crippen molar-refractivity contribution >= 4 is 8.60 Å². The van der Waals surface area contributed by atoms with Gasteiger partial charge >= 0.3 is 8.60 Å². The van der Waals surface area contributed by atoms with E-state index in [9.17, 15) is 0 Å². The molecular weight excluding hydrogens is 199 g/mol. The summed E-state index contributed by atoms with van der Waals surface area (Å²) in [5, 5.41) is 27.3. The Balaban J connectivity index is 2.19. The Hall–Kier alpha value is 0.190. The zero-order valence-electron chi connectivity index (χ0n) is 6.84. The SMILES string of the molecule is OCC(CO)(CO)C12COP(O1)O2. The molecule has 3 N–H and O–H groups in total. The van der Waals surface area contributed by atoms with E-state index in [4.69, 9.17) is 28.9 Å². The number of aliphatic hydroxyl groups excluding tert-OH is 3. The minimum atomic E-state index is -1.28. The summed E-state index contributed by atoms with van der Waals surface area (Å²) in [6.45, 7) is -1.08. The maximum absolute atomic E-state index is 9.10. The van der Waals surface area contributed by atoms with Crippen molar-refractivity contribution in [2.45, 2.75) is 5.79 Å². The van der Waals surface area contributed by atoms with Gasteiger partial charge in [-0.05, 0) is 0 Å². The molecule has 7 heteroatoms. The monoisotopic (exact) mass is 210 g/mol. The van der Waals surface area contributed by atoms with Crippen LogP contribution in [0.25, 0.3) is 0 Å². The average molecular weight is 210 g/mol. The van der Waals surface area contributed by atoms with Gasteiger partial charge in [0.1, 0.15) is 6.61 Å². The maximum atomic E-state index is 9.10. The van der Waals surface area contributed by atoms with Gasteiger partial charge in [-0.1, -0.05) is 0 Å². The van der Waals surface area contributed by atoms with Gasteiger partial charge in [-0.15, -0.1) is 0 Å². The van der Waals surface area contributed by atoms with Gasteiger partial charge in [-0.25, -0.2) is 0 Å². The summed E-state index contributed by atoms with van der Waals surface area (Å²) in [7, 11) is -1.28. The number of rotatable bonds is 4. The lowest BCUT2D eigenvalue weighted by atomic mass is 9.81. The number of hydrogen-bond acceptors (Lipinski definition) is 6. The molecule has 13 heavy (non-hydrogen) atoms. The van der Waals surface area contributed by atoms with Crippen LogP contribution in [0, 0.1) is 5.41 Å². The van der Waals surface area contributed by atoms with Crippen LogP contribution in [0.2, 0.25) is 0 Å². The zero-order chi connectivity index (χ0) is 9.53. The quantitative estimate of drug-likeness (QED) is 0.513. The minimum absolute atomic E-state index is 0.153. The number of aliphatic hydroxyl groups is 3. The van der Waals surface area contributed by atoms with E-state index in [2.05, 4.69) is 0 Å². The average Bonchev–Trinajstić information content (AvgIpc) is 2.67. The molecule has 3 aliphatic rings. The first-order valence-corrected chi connectivity index (χ1v) is 4.95. The van der Waals surface area contributed by atoms with Gasteiger partial charge < -0.3 is 19.8 Å². The van der Waals surface area contributed by atoms with Crippen LogP contribution in [0.3, 0.4) is 0 Å². The highest BCUT2D eigenvalue weighted by atomic mass is 31.2. The first-order valence-electron chi connectivity index (χ1n) is 3.86. The maximum Gasteiger partial charge on any atom is 0.338 e. The van der Waals surface area contributed by atoms with Gasteiger partial charge in [-0.2, -0.15) is 0 Å². The predicted octanol–water partition coefficient (Wildman–Crippen LogP) is -1.05. The van der Waals surface area contributed by atoms with Crippen molar-refractivity contribution in [3.63, 3.8) is 0 Å². The standard InChI is InChI=1S/C6H11O6P/c7-1-5(2-8,3-9)6-4-10-13(11-6)12-6/h7-9H,1-4H2. The topological polar surface area (TPSA) is 88.4 Å². The molecule has 0 aromatic carbocycles.